The Morgan fingerprint density at radius 1 is 0.909 bits per heavy atom. The molecule has 2 amide bonds. The average Bonchev–Trinajstić information content (AvgIpc) is 4.22. The van der Waals surface area contributed by atoms with Gasteiger partial charge in [-0.15, -0.1) is 21.5 Å². The molecule has 1 unspecified atom stereocenters. The number of aromatic hydroxyl groups is 1. The van der Waals surface area contributed by atoms with Crippen molar-refractivity contribution in [3.8, 4) is 33.3 Å². The number of β-amino-alcohol motifs (C(OH)–C–C–N with tert-alkyl or cyclic N) is 1. The van der Waals surface area contributed by atoms with Crippen molar-refractivity contribution < 1.29 is 33.8 Å². The summed E-state index contributed by atoms with van der Waals surface area (Å²) in [6.07, 6.45) is 7.63. The quantitative estimate of drug-likeness (QED) is 0.0573. The Kier molecular flexibility index (Phi) is 15.3. The lowest BCUT2D eigenvalue weighted by atomic mass is 9.88. The number of aliphatic hydroxyl groups excluding tert-OH is 1. The normalized spacial score (nSPS) is 23.5. The molecule has 6 N–H and O–H groups in total. The summed E-state index contributed by atoms with van der Waals surface area (Å²) in [5, 5.41) is 40.7. The first-order chi connectivity index (χ1) is 37.3. The first-order valence-corrected chi connectivity index (χ1v) is 28.1. The van der Waals surface area contributed by atoms with Gasteiger partial charge in [0.15, 0.2) is 11.6 Å². The summed E-state index contributed by atoms with van der Waals surface area (Å²) < 4.78 is 18.4. The van der Waals surface area contributed by atoms with E-state index in [4.69, 9.17) is 24.7 Å². The van der Waals surface area contributed by atoms with Crippen LogP contribution in [0.25, 0.3) is 21.7 Å². The van der Waals surface area contributed by atoms with E-state index in [1.807, 2.05) is 81.9 Å². The Hall–Kier alpha value is -6.87. The zero-order valence-corrected chi connectivity index (χ0v) is 45.0. The van der Waals surface area contributed by atoms with Gasteiger partial charge in [0.1, 0.15) is 30.1 Å². The monoisotopic (exact) mass is 1070 g/mol. The number of pyridine rings is 1. The summed E-state index contributed by atoms with van der Waals surface area (Å²) in [6, 6.07) is 22.9. The second-order valence-corrected chi connectivity index (χ2v) is 22.7. The number of piperidine rings is 1. The van der Waals surface area contributed by atoms with Crippen LogP contribution >= 0.6 is 11.3 Å². The smallest absolute Gasteiger partial charge is 0.254 e. The third kappa shape index (κ3) is 11.4. The number of hydrogen-bond donors (Lipinski definition) is 5. The first kappa shape index (κ1) is 52.2. The van der Waals surface area contributed by atoms with Gasteiger partial charge in [0.25, 0.3) is 5.88 Å². The van der Waals surface area contributed by atoms with Crippen LogP contribution in [-0.2, 0) is 14.3 Å². The van der Waals surface area contributed by atoms with Crippen LogP contribution in [0.15, 0.2) is 89.0 Å². The molecule has 11 rings (SSSR count). The number of aliphatic hydroxyl groups is 1. The molecule has 6 atom stereocenters. The predicted molar refractivity (Wildman–Crippen MR) is 295 cm³/mol. The second-order valence-electron chi connectivity index (χ2n) is 21.9. The number of benzene rings is 2. The number of phenolic OH excluding ortho intramolecular Hbond substituents is 1. The van der Waals surface area contributed by atoms with E-state index in [0.717, 1.165) is 104 Å². The van der Waals surface area contributed by atoms with Crippen LogP contribution in [0.4, 0.5) is 23.0 Å². The maximum absolute atomic E-state index is 14.3. The number of phenols is 1. The number of aryl methyl sites for hydroxylation is 1. The van der Waals surface area contributed by atoms with Crippen molar-refractivity contribution in [2.24, 2.45) is 5.92 Å². The lowest BCUT2D eigenvalue weighted by molar-refractivity contribution is -0.141. The molecule has 4 aromatic heterocycles. The summed E-state index contributed by atoms with van der Waals surface area (Å²) in [4.78, 5) is 46.9. The van der Waals surface area contributed by atoms with Crippen molar-refractivity contribution in [2.45, 2.75) is 127 Å². The van der Waals surface area contributed by atoms with Gasteiger partial charge < -0.3 is 55.3 Å². The van der Waals surface area contributed by atoms with Crippen molar-refractivity contribution >= 4 is 46.2 Å². The number of aromatic nitrogens is 5. The Labute approximate surface area is 453 Å². The molecule has 19 nitrogen and oxygen atoms in total. The average molecular weight is 1070 g/mol. The van der Waals surface area contributed by atoms with Crippen LogP contribution in [0.2, 0.25) is 0 Å². The van der Waals surface area contributed by atoms with Gasteiger partial charge in [-0.2, -0.15) is 0 Å². The van der Waals surface area contributed by atoms with Crippen LogP contribution < -0.4 is 30.9 Å². The van der Waals surface area contributed by atoms with E-state index in [9.17, 15) is 19.8 Å². The van der Waals surface area contributed by atoms with Crippen molar-refractivity contribution in [1.29, 1.82) is 0 Å². The molecule has 5 aliphatic rings. The number of ether oxygens (including phenoxy) is 2. The number of nitrogens with two attached hydrogens (primary N) is 1. The van der Waals surface area contributed by atoms with Gasteiger partial charge >= 0.3 is 0 Å². The number of hydrogen-bond acceptors (Lipinski definition) is 18. The molecule has 77 heavy (non-hydrogen) atoms. The molecule has 6 aromatic rings. The number of likely N-dealkylation sites (tertiary alicyclic amines) is 2. The molecular weight excluding hydrogens is 997 g/mol. The topological polar surface area (TPSA) is 234 Å². The molecule has 406 valence electrons. The molecular formula is C57H70N12O7S. The molecule has 1 saturated carbocycles. The molecule has 2 bridgehead atoms. The van der Waals surface area contributed by atoms with E-state index in [0.29, 0.717) is 53.4 Å². The highest BCUT2D eigenvalue weighted by Gasteiger charge is 2.44. The lowest BCUT2D eigenvalue weighted by Gasteiger charge is -2.44. The Morgan fingerprint density at radius 2 is 1.68 bits per heavy atom. The number of nitrogens with zero attached hydrogens (tertiary/aromatic N) is 9. The van der Waals surface area contributed by atoms with Crippen molar-refractivity contribution in [3.63, 3.8) is 0 Å². The van der Waals surface area contributed by atoms with Crippen molar-refractivity contribution in [2.75, 3.05) is 66.7 Å². The number of fused-ring (bicyclic) bond motifs is 2. The van der Waals surface area contributed by atoms with Crippen LogP contribution in [-0.4, -0.2) is 146 Å². The zero-order chi connectivity index (χ0) is 53.3. The fraction of sp³-hybridized carbons (Fsp3) is 0.491. The molecule has 4 aliphatic heterocycles. The Balaban J connectivity index is 0.601. The number of anilines is 4. The number of thiazole rings is 1. The minimum absolute atomic E-state index is 0.0556. The summed E-state index contributed by atoms with van der Waals surface area (Å²) in [7, 11) is 0. The number of para-hydroxylation sites is 1. The van der Waals surface area contributed by atoms with E-state index in [-0.39, 0.29) is 54.7 Å². The van der Waals surface area contributed by atoms with Gasteiger partial charge in [0, 0.05) is 93.4 Å². The lowest BCUT2D eigenvalue weighted by Crippen LogP contribution is -2.54. The van der Waals surface area contributed by atoms with Gasteiger partial charge in [-0.25, -0.2) is 9.97 Å². The number of carbonyl (C=O) groups is 2. The number of carbonyl (C=O) groups excluding carboxylic acids is 2. The molecule has 4 saturated heterocycles. The fourth-order valence-electron chi connectivity index (χ4n) is 12.1. The minimum atomic E-state index is -0.827. The standard InChI is InChI=1S/C57H70N12O7S/c1-33(2)53(57(73)68-31-42(70)26-48(68)56(72)61-34(3)36-9-11-37(12-10-36)54-35(4)60-32-77-54)50-28-52(65-76-50)74-22-21-66-19-16-43(17-20-66)75-44-23-38(24-44)62-51-25-39(15-18-59-51)69-40-13-14-41(69)30-67(29-40)47-27-46(63-64-55(47)58)45-7-5-6-8-49(45)71/h5-12,15,18,25,27-28,32-34,38,40-44,48,53,70-71H,13-14,16-17,19-24,26,29-31H2,1-4H3,(H2,58,64)(H,59,62)(H,61,72)/t34-,38?,40+,41?,42+,44?,48-,53+/m0/s1. The molecule has 0 radical (unpaired) electrons. The SMILES string of the molecule is Cc1ncsc1-c1ccc([C@H](C)NC(=O)[C@@H]2C[C@@H](O)CN2C(=O)[C@@H](c2cc(OCCN3CCC(OC4CC(Nc5cc(N6C7CC[C@@H]6CN(c6cc(-c8ccccc8O)nnc6N)C7)ccn5)C4)CC3)no2)C(C)C)cc1. The van der Waals surface area contributed by atoms with E-state index < -0.39 is 18.1 Å². The van der Waals surface area contributed by atoms with Crippen molar-refractivity contribution in [3.05, 3.63) is 102 Å². The minimum Gasteiger partial charge on any atom is -0.507 e. The molecule has 1 aliphatic carbocycles. The van der Waals surface area contributed by atoms with Crippen LogP contribution in [0.5, 0.6) is 11.6 Å². The third-order valence-corrected chi connectivity index (χ3v) is 17.2. The van der Waals surface area contributed by atoms with Gasteiger partial charge in [-0.1, -0.05) is 50.2 Å². The summed E-state index contributed by atoms with van der Waals surface area (Å²) >= 11 is 1.59. The van der Waals surface area contributed by atoms with E-state index in [2.05, 4.69) is 57.8 Å². The molecule has 2 aromatic carbocycles. The van der Waals surface area contributed by atoms with Crippen LogP contribution in [0.3, 0.4) is 0 Å². The third-order valence-electron chi connectivity index (χ3n) is 16.3. The van der Waals surface area contributed by atoms with E-state index >= 15 is 0 Å². The van der Waals surface area contributed by atoms with Crippen LogP contribution in [0.1, 0.15) is 94.7 Å². The molecule has 5 fully saturated rings. The fourth-order valence-corrected chi connectivity index (χ4v) is 12.9. The maximum atomic E-state index is 14.3. The highest BCUT2D eigenvalue weighted by Crippen LogP contribution is 2.41. The van der Waals surface area contributed by atoms with E-state index in [1.165, 1.54) is 10.6 Å². The van der Waals surface area contributed by atoms with Crippen LogP contribution in [0, 0.1) is 12.8 Å². The highest BCUT2D eigenvalue weighted by atomic mass is 32.1. The number of amides is 2. The molecule has 8 heterocycles. The number of rotatable bonds is 18. The van der Waals surface area contributed by atoms with Gasteiger partial charge in [-0.05, 0) is 98.8 Å². The van der Waals surface area contributed by atoms with Gasteiger partial charge in [-0.3, -0.25) is 14.5 Å². The number of nitrogen functional groups attached to an aromatic ring is 1. The van der Waals surface area contributed by atoms with Gasteiger partial charge in [0.05, 0.1) is 51.8 Å². The second kappa shape index (κ2) is 22.6. The van der Waals surface area contributed by atoms with Crippen molar-refractivity contribution in [1.82, 2.24) is 40.4 Å². The van der Waals surface area contributed by atoms with Gasteiger partial charge in [0.2, 0.25) is 11.8 Å². The number of nitrogens with one attached hydrogen (secondary N) is 2. The first-order valence-electron chi connectivity index (χ1n) is 27.3. The maximum Gasteiger partial charge on any atom is 0.254 e. The largest absolute Gasteiger partial charge is 0.507 e. The molecule has 20 heteroatoms. The highest BCUT2D eigenvalue weighted by molar-refractivity contribution is 7.13. The summed E-state index contributed by atoms with van der Waals surface area (Å²) in [5.74, 6) is 0.628. The van der Waals surface area contributed by atoms with E-state index in [1.54, 1.807) is 29.5 Å². The predicted octanol–water partition coefficient (Wildman–Crippen LogP) is 7.19. The Bertz CT molecular complexity index is 3000. The zero-order valence-electron chi connectivity index (χ0n) is 44.2. The molecule has 0 spiro atoms. The summed E-state index contributed by atoms with van der Waals surface area (Å²) in [5.41, 5.74) is 14.5. The summed E-state index contributed by atoms with van der Waals surface area (Å²) in [6.45, 7) is 12.4. The Morgan fingerprint density at radius 3 is 2.40 bits per heavy atom. The number of piperazine rings is 1.